The molecule has 0 bridgehead atoms. The molecule has 31 heavy (non-hydrogen) atoms. The lowest BCUT2D eigenvalue weighted by atomic mass is 9.95. The number of aromatic nitrogens is 2. The molecule has 0 radical (unpaired) electrons. The number of nitrogens with zero attached hydrogens (tertiary/aromatic N) is 2. The van der Waals surface area contributed by atoms with Crippen molar-refractivity contribution in [3.63, 3.8) is 0 Å². The fourth-order valence-electron chi connectivity index (χ4n) is 3.58. The average molecular weight is 412 g/mol. The number of aryl methyl sites for hydroxylation is 1. The van der Waals surface area contributed by atoms with Gasteiger partial charge in [-0.05, 0) is 53.9 Å². The summed E-state index contributed by atoms with van der Waals surface area (Å²) in [6.07, 6.45) is 3.57. The van der Waals surface area contributed by atoms with Gasteiger partial charge in [-0.1, -0.05) is 24.3 Å². The second-order valence-corrected chi connectivity index (χ2v) is 7.49. The summed E-state index contributed by atoms with van der Waals surface area (Å²) >= 11 is 0. The normalized spacial score (nSPS) is 10.8. The van der Waals surface area contributed by atoms with Gasteiger partial charge in [0.15, 0.2) is 0 Å². The van der Waals surface area contributed by atoms with Crippen molar-refractivity contribution >= 4 is 11.5 Å². The lowest BCUT2D eigenvalue weighted by Crippen LogP contribution is -2.20. The number of nitrogens with two attached hydrogens (primary N) is 2. The van der Waals surface area contributed by atoms with E-state index < -0.39 is 0 Å². The van der Waals surface area contributed by atoms with E-state index in [4.69, 9.17) is 16.2 Å². The number of nitrogen functional groups attached to an aromatic ring is 2. The second kappa shape index (κ2) is 8.36. The molecule has 0 saturated heterocycles. The van der Waals surface area contributed by atoms with Gasteiger partial charge in [-0.2, -0.15) is 0 Å². The van der Waals surface area contributed by atoms with Crippen LogP contribution in [-0.2, 0) is 6.54 Å². The van der Waals surface area contributed by atoms with Crippen LogP contribution in [0.25, 0.3) is 22.3 Å². The quantitative estimate of drug-likeness (QED) is 0.481. The zero-order valence-electron chi connectivity index (χ0n) is 17.5. The zero-order valence-corrected chi connectivity index (χ0v) is 17.5. The monoisotopic (exact) mass is 412 g/mol. The van der Waals surface area contributed by atoms with Crippen molar-refractivity contribution in [1.82, 2.24) is 9.55 Å². The van der Waals surface area contributed by atoms with Crippen LogP contribution < -0.4 is 21.8 Å². The molecule has 0 aliphatic carbocycles. The number of pyridine rings is 2. The van der Waals surface area contributed by atoms with E-state index in [0.717, 1.165) is 39.1 Å². The molecule has 156 valence electrons. The highest BCUT2D eigenvalue weighted by Crippen LogP contribution is 2.34. The van der Waals surface area contributed by atoms with Crippen molar-refractivity contribution in [3.8, 4) is 28.0 Å². The number of rotatable bonds is 5. The van der Waals surface area contributed by atoms with Crippen LogP contribution in [0.2, 0.25) is 0 Å². The van der Waals surface area contributed by atoms with Crippen molar-refractivity contribution in [3.05, 3.63) is 94.5 Å². The Kier molecular flexibility index (Phi) is 5.45. The average Bonchev–Trinajstić information content (AvgIpc) is 2.77. The standard InChI is InChI=1S/C25H24N4O2/c1-16-10-22(25(27)28-13-16)21-12-24(30)29(14-17-6-8-20(31-2)9-7-17)15-23(21)18-4-3-5-19(26)11-18/h3-13,15H,14,26H2,1-2H3,(H2,27,28). The Labute approximate surface area is 180 Å². The molecular formula is C25H24N4O2. The summed E-state index contributed by atoms with van der Waals surface area (Å²) in [4.78, 5) is 17.3. The first-order valence-electron chi connectivity index (χ1n) is 9.90. The summed E-state index contributed by atoms with van der Waals surface area (Å²) in [7, 11) is 1.63. The molecule has 0 saturated carbocycles. The molecule has 2 aromatic heterocycles. The Hall–Kier alpha value is -4.06. The summed E-state index contributed by atoms with van der Waals surface area (Å²) in [5, 5.41) is 0. The van der Waals surface area contributed by atoms with Gasteiger partial charge >= 0.3 is 0 Å². The van der Waals surface area contributed by atoms with Crippen LogP contribution in [0.1, 0.15) is 11.1 Å². The van der Waals surface area contributed by atoms with Crippen LogP contribution in [-0.4, -0.2) is 16.7 Å². The predicted molar refractivity (Wildman–Crippen MR) is 125 cm³/mol. The molecule has 0 aliphatic heterocycles. The first kappa shape index (κ1) is 20.2. The van der Waals surface area contributed by atoms with Crippen molar-refractivity contribution < 1.29 is 4.74 Å². The number of hydrogen-bond donors (Lipinski definition) is 2. The smallest absolute Gasteiger partial charge is 0.251 e. The van der Waals surface area contributed by atoms with E-state index in [9.17, 15) is 4.79 Å². The van der Waals surface area contributed by atoms with Crippen LogP contribution in [0, 0.1) is 6.92 Å². The van der Waals surface area contributed by atoms with Gasteiger partial charge in [-0.15, -0.1) is 0 Å². The topological polar surface area (TPSA) is 96.2 Å². The molecule has 0 amide bonds. The third kappa shape index (κ3) is 4.28. The molecule has 2 heterocycles. The lowest BCUT2D eigenvalue weighted by molar-refractivity contribution is 0.414. The van der Waals surface area contributed by atoms with Gasteiger partial charge in [0.25, 0.3) is 5.56 Å². The highest BCUT2D eigenvalue weighted by Gasteiger charge is 2.15. The third-order valence-corrected chi connectivity index (χ3v) is 5.18. The maximum Gasteiger partial charge on any atom is 0.251 e. The summed E-state index contributed by atoms with van der Waals surface area (Å²) < 4.78 is 6.90. The molecule has 0 spiro atoms. The summed E-state index contributed by atoms with van der Waals surface area (Å²) in [6.45, 7) is 2.38. The number of ether oxygens (including phenoxy) is 1. The fraction of sp³-hybridized carbons (Fsp3) is 0.120. The summed E-state index contributed by atoms with van der Waals surface area (Å²) in [6, 6.07) is 18.8. The molecule has 4 N–H and O–H groups in total. The second-order valence-electron chi connectivity index (χ2n) is 7.49. The Morgan fingerprint density at radius 1 is 0.968 bits per heavy atom. The molecule has 0 unspecified atom stereocenters. The molecule has 4 aromatic rings. The van der Waals surface area contributed by atoms with Gasteiger partial charge in [0.1, 0.15) is 11.6 Å². The fourth-order valence-corrected chi connectivity index (χ4v) is 3.58. The van der Waals surface area contributed by atoms with Gasteiger partial charge in [0, 0.05) is 40.8 Å². The number of methoxy groups -OCH3 is 1. The van der Waals surface area contributed by atoms with Crippen LogP contribution >= 0.6 is 0 Å². The van der Waals surface area contributed by atoms with Crippen molar-refractivity contribution in [2.24, 2.45) is 0 Å². The number of benzene rings is 2. The molecule has 4 rings (SSSR count). The maximum absolute atomic E-state index is 13.0. The van der Waals surface area contributed by atoms with Crippen LogP contribution in [0.4, 0.5) is 11.5 Å². The van der Waals surface area contributed by atoms with Crippen LogP contribution in [0.15, 0.2) is 77.9 Å². The molecule has 6 nitrogen and oxygen atoms in total. The summed E-state index contributed by atoms with van der Waals surface area (Å²) in [5.41, 5.74) is 17.9. The van der Waals surface area contributed by atoms with E-state index in [0.29, 0.717) is 18.1 Å². The van der Waals surface area contributed by atoms with E-state index >= 15 is 0 Å². The van der Waals surface area contributed by atoms with E-state index in [1.807, 2.05) is 67.7 Å². The molecule has 0 fully saturated rings. The minimum Gasteiger partial charge on any atom is -0.497 e. The first-order chi connectivity index (χ1) is 14.9. The van der Waals surface area contributed by atoms with E-state index in [1.165, 1.54) is 0 Å². The van der Waals surface area contributed by atoms with Gasteiger partial charge in [0.05, 0.1) is 13.7 Å². The Balaban J connectivity index is 1.88. The van der Waals surface area contributed by atoms with Crippen LogP contribution in [0.3, 0.4) is 0 Å². The minimum atomic E-state index is -0.126. The van der Waals surface area contributed by atoms with Gasteiger partial charge in [0.2, 0.25) is 0 Å². The van der Waals surface area contributed by atoms with Crippen molar-refractivity contribution in [1.29, 1.82) is 0 Å². The van der Waals surface area contributed by atoms with E-state index in [1.54, 1.807) is 23.9 Å². The first-order valence-corrected chi connectivity index (χ1v) is 9.90. The van der Waals surface area contributed by atoms with Crippen LogP contribution in [0.5, 0.6) is 5.75 Å². The van der Waals surface area contributed by atoms with Gasteiger partial charge in [-0.25, -0.2) is 4.98 Å². The number of anilines is 2. The highest BCUT2D eigenvalue weighted by atomic mass is 16.5. The largest absolute Gasteiger partial charge is 0.497 e. The Bertz CT molecular complexity index is 1290. The van der Waals surface area contributed by atoms with E-state index in [2.05, 4.69) is 4.98 Å². The van der Waals surface area contributed by atoms with Crippen molar-refractivity contribution in [2.75, 3.05) is 18.6 Å². The molecule has 0 atom stereocenters. The van der Waals surface area contributed by atoms with Gasteiger partial charge in [-0.3, -0.25) is 4.79 Å². The van der Waals surface area contributed by atoms with Crippen molar-refractivity contribution in [2.45, 2.75) is 13.5 Å². The van der Waals surface area contributed by atoms with Gasteiger partial charge < -0.3 is 20.8 Å². The molecular weight excluding hydrogens is 388 g/mol. The maximum atomic E-state index is 13.0. The summed E-state index contributed by atoms with van der Waals surface area (Å²) in [5.74, 6) is 1.15. The Morgan fingerprint density at radius 3 is 2.45 bits per heavy atom. The zero-order chi connectivity index (χ0) is 22.0. The molecule has 6 heteroatoms. The van der Waals surface area contributed by atoms with E-state index in [-0.39, 0.29) is 5.56 Å². The Morgan fingerprint density at radius 2 is 1.74 bits per heavy atom. The third-order valence-electron chi connectivity index (χ3n) is 5.18. The predicted octanol–water partition coefficient (Wildman–Crippen LogP) is 4.11. The molecule has 0 aliphatic rings. The highest BCUT2D eigenvalue weighted by molar-refractivity contribution is 5.87. The number of hydrogen-bond acceptors (Lipinski definition) is 5. The minimum absolute atomic E-state index is 0.126. The SMILES string of the molecule is COc1ccc(Cn2cc(-c3cccc(N)c3)c(-c3cc(C)cnc3N)cc2=O)cc1. The molecule has 2 aromatic carbocycles. The lowest BCUT2D eigenvalue weighted by Gasteiger charge is -2.16.